The number of rotatable bonds is 5. The van der Waals surface area contributed by atoms with Crippen molar-refractivity contribution in [1.82, 2.24) is 0 Å². The van der Waals surface area contributed by atoms with Crippen molar-refractivity contribution in [3.63, 3.8) is 0 Å². The summed E-state index contributed by atoms with van der Waals surface area (Å²) in [4.78, 5) is 11.6. The van der Waals surface area contributed by atoms with Gasteiger partial charge in [0.1, 0.15) is 11.9 Å². The molecule has 0 N–H and O–H groups in total. The molecule has 0 amide bonds. The van der Waals surface area contributed by atoms with Gasteiger partial charge >= 0.3 is 5.97 Å². The molecule has 1 saturated heterocycles. The quantitative estimate of drug-likeness (QED) is 0.768. The molecule has 20 heavy (non-hydrogen) atoms. The van der Waals surface area contributed by atoms with E-state index in [4.69, 9.17) is 9.47 Å². The van der Waals surface area contributed by atoms with Crippen LogP contribution in [0, 0.1) is 0 Å². The fraction of sp³-hybridized carbons (Fsp3) is 0.500. The van der Waals surface area contributed by atoms with Crippen LogP contribution in [0.1, 0.15) is 18.9 Å². The van der Waals surface area contributed by atoms with Crippen LogP contribution in [-0.2, 0) is 25.8 Å². The predicted octanol–water partition coefficient (Wildman–Crippen LogP) is 1.36. The summed E-state index contributed by atoms with van der Waals surface area (Å²) in [6.45, 7) is 1.85. The maximum absolute atomic E-state index is 11.6. The highest BCUT2D eigenvalue weighted by molar-refractivity contribution is 7.91. The number of benzene rings is 1. The van der Waals surface area contributed by atoms with E-state index < -0.39 is 21.9 Å². The van der Waals surface area contributed by atoms with Gasteiger partial charge in [0, 0.05) is 0 Å². The molecule has 2 rings (SSSR count). The molecule has 0 saturated carbocycles. The Morgan fingerprint density at radius 1 is 1.30 bits per heavy atom. The van der Waals surface area contributed by atoms with Gasteiger partial charge in [0.15, 0.2) is 16.4 Å². The third-order valence-corrected chi connectivity index (χ3v) is 4.91. The van der Waals surface area contributed by atoms with Crippen molar-refractivity contribution in [3.8, 4) is 5.75 Å². The number of aryl methyl sites for hydroxylation is 1. The molecule has 0 aromatic heterocycles. The number of carbonyl (C=O) groups is 1. The third-order valence-electron chi connectivity index (χ3n) is 3.18. The van der Waals surface area contributed by atoms with E-state index in [9.17, 15) is 13.2 Å². The Kier molecular flexibility index (Phi) is 4.65. The monoisotopic (exact) mass is 298 g/mol. The second-order valence-corrected chi connectivity index (χ2v) is 7.03. The minimum Gasteiger partial charge on any atom is -0.482 e. The van der Waals surface area contributed by atoms with E-state index in [0.717, 1.165) is 6.42 Å². The van der Waals surface area contributed by atoms with Gasteiger partial charge in [-0.2, -0.15) is 0 Å². The van der Waals surface area contributed by atoms with E-state index in [1.807, 2.05) is 12.1 Å². The first kappa shape index (κ1) is 14.8. The lowest BCUT2D eigenvalue weighted by Crippen LogP contribution is -2.23. The Hall–Kier alpha value is -1.56. The number of ether oxygens (including phenoxy) is 2. The molecule has 1 heterocycles. The van der Waals surface area contributed by atoms with Crippen LogP contribution in [0.3, 0.4) is 0 Å². The molecule has 1 aliphatic rings. The summed E-state index contributed by atoms with van der Waals surface area (Å²) in [5.41, 5.74) is 1.19. The van der Waals surface area contributed by atoms with Crippen LogP contribution in [0.2, 0.25) is 0 Å². The number of esters is 1. The zero-order chi connectivity index (χ0) is 14.6. The van der Waals surface area contributed by atoms with E-state index in [1.54, 1.807) is 12.1 Å². The Bertz CT molecular complexity index is 562. The SMILES string of the molecule is CCc1ccc(OCC(=O)O[C@@H]2CCS(=O)(=O)C2)cc1. The molecule has 0 bridgehead atoms. The van der Waals surface area contributed by atoms with Crippen LogP contribution in [0.25, 0.3) is 0 Å². The predicted molar refractivity (Wildman–Crippen MR) is 74.5 cm³/mol. The Balaban J connectivity index is 1.77. The molecule has 0 unspecified atom stereocenters. The zero-order valence-electron chi connectivity index (χ0n) is 11.4. The molecule has 6 heteroatoms. The van der Waals surface area contributed by atoms with Gasteiger partial charge in [-0.05, 0) is 30.5 Å². The topological polar surface area (TPSA) is 69.7 Å². The van der Waals surface area contributed by atoms with Crippen LogP contribution in [0.4, 0.5) is 0 Å². The van der Waals surface area contributed by atoms with E-state index in [1.165, 1.54) is 5.56 Å². The van der Waals surface area contributed by atoms with E-state index in [2.05, 4.69) is 6.92 Å². The smallest absolute Gasteiger partial charge is 0.344 e. The summed E-state index contributed by atoms with van der Waals surface area (Å²) < 4.78 is 32.9. The summed E-state index contributed by atoms with van der Waals surface area (Å²) in [6.07, 6.45) is 0.788. The minimum atomic E-state index is -3.03. The first-order valence-electron chi connectivity index (χ1n) is 6.60. The van der Waals surface area contributed by atoms with Gasteiger partial charge in [0.25, 0.3) is 0 Å². The van der Waals surface area contributed by atoms with Crippen molar-refractivity contribution in [2.75, 3.05) is 18.1 Å². The highest BCUT2D eigenvalue weighted by atomic mass is 32.2. The molecule has 1 aromatic rings. The standard InChI is InChI=1S/C14H18O5S/c1-2-11-3-5-12(6-4-11)18-9-14(15)19-13-7-8-20(16,17)10-13/h3-6,13H,2,7-10H2,1H3/t13-/m1/s1. The molecule has 1 fully saturated rings. The normalized spacial score (nSPS) is 20.6. The van der Waals surface area contributed by atoms with Crippen molar-refractivity contribution in [1.29, 1.82) is 0 Å². The fourth-order valence-corrected chi connectivity index (χ4v) is 3.63. The van der Waals surface area contributed by atoms with Gasteiger partial charge < -0.3 is 9.47 Å². The van der Waals surface area contributed by atoms with Gasteiger partial charge in [0.2, 0.25) is 0 Å². The van der Waals surface area contributed by atoms with Gasteiger partial charge in [-0.1, -0.05) is 19.1 Å². The second-order valence-electron chi connectivity index (χ2n) is 4.80. The van der Waals surface area contributed by atoms with Crippen LogP contribution < -0.4 is 4.74 Å². The lowest BCUT2D eigenvalue weighted by molar-refractivity contribution is -0.150. The van der Waals surface area contributed by atoms with Gasteiger partial charge in [-0.25, -0.2) is 13.2 Å². The molecule has 1 aromatic carbocycles. The number of hydrogen-bond acceptors (Lipinski definition) is 5. The summed E-state index contributed by atoms with van der Waals surface area (Å²) >= 11 is 0. The molecule has 0 radical (unpaired) electrons. The Labute approximate surface area is 118 Å². The van der Waals surface area contributed by atoms with E-state index in [0.29, 0.717) is 12.2 Å². The molecule has 0 aliphatic carbocycles. The van der Waals surface area contributed by atoms with Gasteiger partial charge in [-0.3, -0.25) is 0 Å². The molecule has 1 aliphatic heterocycles. The van der Waals surface area contributed by atoms with Crippen molar-refractivity contribution < 1.29 is 22.7 Å². The molecular formula is C14H18O5S. The average Bonchev–Trinajstić information content (AvgIpc) is 2.76. The Morgan fingerprint density at radius 2 is 2.00 bits per heavy atom. The lowest BCUT2D eigenvalue weighted by Gasteiger charge is -2.11. The first-order valence-corrected chi connectivity index (χ1v) is 8.42. The highest BCUT2D eigenvalue weighted by Gasteiger charge is 2.30. The molecular weight excluding hydrogens is 280 g/mol. The maximum atomic E-state index is 11.6. The largest absolute Gasteiger partial charge is 0.482 e. The summed E-state index contributed by atoms with van der Waals surface area (Å²) in [5, 5.41) is 0. The first-order chi connectivity index (χ1) is 9.48. The van der Waals surface area contributed by atoms with Crippen LogP contribution in [0.15, 0.2) is 24.3 Å². The summed E-state index contributed by atoms with van der Waals surface area (Å²) in [6, 6.07) is 7.46. The molecule has 5 nitrogen and oxygen atoms in total. The van der Waals surface area contributed by atoms with Gasteiger partial charge in [-0.15, -0.1) is 0 Å². The summed E-state index contributed by atoms with van der Waals surface area (Å²) in [5.74, 6) is 0.0682. The zero-order valence-corrected chi connectivity index (χ0v) is 12.2. The van der Waals surface area contributed by atoms with Crippen molar-refractivity contribution in [3.05, 3.63) is 29.8 Å². The number of hydrogen-bond donors (Lipinski definition) is 0. The Morgan fingerprint density at radius 3 is 2.55 bits per heavy atom. The molecule has 110 valence electrons. The van der Waals surface area contributed by atoms with Gasteiger partial charge in [0.05, 0.1) is 11.5 Å². The van der Waals surface area contributed by atoms with Crippen LogP contribution in [0.5, 0.6) is 5.75 Å². The van der Waals surface area contributed by atoms with Crippen molar-refractivity contribution in [2.24, 2.45) is 0 Å². The highest BCUT2D eigenvalue weighted by Crippen LogP contribution is 2.16. The minimum absolute atomic E-state index is 0.0794. The number of sulfone groups is 1. The summed E-state index contributed by atoms with van der Waals surface area (Å²) in [7, 11) is -3.03. The van der Waals surface area contributed by atoms with Crippen molar-refractivity contribution >= 4 is 15.8 Å². The van der Waals surface area contributed by atoms with Crippen molar-refractivity contribution in [2.45, 2.75) is 25.9 Å². The molecule has 1 atom stereocenters. The van der Waals surface area contributed by atoms with Crippen LogP contribution in [-0.4, -0.2) is 38.6 Å². The second kappa shape index (κ2) is 6.26. The molecule has 0 spiro atoms. The lowest BCUT2D eigenvalue weighted by atomic mass is 10.2. The van der Waals surface area contributed by atoms with E-state index >= 15 is 0 Å². The fourth-order valence-electron chi connectivity index (χ4n) is 2.04. The van der Waals surface area contributed by atoms with E-state index in [-0.39, 0.29) is 18.1 Å². The van der Waals surface area contributed by atoms with Crippen LogP contribution >= 0.6 is 0 Å². The average molecular weight is 298 g/mol. The third kappa shape index (κ3) is 4.23. The maximum Gasteiger partial charge on any atom is 0.344 e. The number of carbonyl (C=O) groups excluding carboxylic acids is 1.